The summed E-state index contributed by atoms with van der Waals surface area (Å²) in [6, 6.07) is 14.3. The number of nitrogens with one attached hydrogen (secondary N) is 3. The maximum atomic E-state index is 12.6. The first-order valence-electron chi connectivity index (χ1n) is 10.5. The summed E-state index contributed by atoms with van der Waals surface area (Å²) >= 11 is 0. The van der Waals surface area contributed by atoms with Crippen LogP contribution in [0.2, 0.25) is 0 Å². The molecule has 0 aliphatic heterocycles. The molecule has 0 atom stereocenters. The second kappa shape index (κ2) is 11.3. The van der Waals surface area contributed by atoms with Gasteiger partial charge in [0.1, 0.15) is 5.75 Å². The molecule has 8 heteroatoms. The van der Waals surface area contributed by atoms with Crippen molar-refractivity contribution in [1.29, 1.82) is 0 Å². The summed E-state index contributed by atoms with van der Waals surface area (Å²) in [5.41, 5.74) is 2.32. The summed E-state index contributed by atoms with van der Waals surface area (Å²) in [6.45, 7) is 0.407. The topological polar surface area (TPSA) is 74.8 Å². The van der Waals surface area contributed by atoms with Crippen LogP contribution in [0.4, 0.5) is 14.5 Å². The minimum absolute atomic E-state index is 0.0755. The summed E-state index contributed by atoms with van der Waals surface area (Å²) in [5, 5.41) is 9.25. The van der Waals surface area contributed by atoms with Crippen molar-refractivity contribution >= 4 is 17.6 Å². The molecule has 31 heavy (non-hydrogen) atoms. The van der Waals surface area contributed by atoms with E-state index in [1.54, 1.807) is 18.2 Å². The number of amides is 1. The molecule has 3 N–H and O–H groups in total. The minimum Gasteiger partial charge on any atom is -0.434 e. The number of carbonyl (C=O) groups excluding carboxylic acids is 1. The van der Waals surface area contributed by atoms with E-state index in [9.17, 15) is 13.6 Å². The molecule has 0 radical (unpaired) electrons. The molecule has 0 spiro atoms. The van der Waals surface area contributed by atoms with E-state index >= 15 is 0 Å². The number of anilines is 1. The molecule has 1 aliphatic rings. The molecule has 1 fully saturated rings. The molecule has 1 saturated carbocycles. The summed E-state index contributed by atoms with van der Waals surface area (Å²) in [4.78, 5) is 16.7. The van der Waals surface area contributed by atoms with Crippen LogP contribution in [0.15, 0.2) is 53.5 Å². The maximum Gasteiger partial charge on any atom is 0.387 e. The Morgan fingerprint density at radius 2 is 1.97 bits per heavy atom. The number of carbonyl (C=O) groups is 1. The molecule has 0 saturated heterocycles. The molecule has 0 unspecified atom stereocenters. The third-order valence-electron chi connectivity index (χ3n) is 5.07. The van der Waals surface area contributed by atoms with Gasteiger partial charge >= 0.3 is 6.61 Å². The van der Waals surface area contributed by atoms with Gasteiger partial charge in [0.25, 0.3) is 0 Å². The lowest BCUT2D eigenvalue weighted by molar-refractivity contribution is -0.122. The van der Waals surface area contributed by atoms with E-state index < -0.39 is 6.61 Å². The highest BCUT2D eigenvalue weighted by Gasteiger charge is 2.25. The highest BCUT2D eigenvalue weighted by atomic mass is 19.3. The molecule has 1 amide bonds. The summed E-state index contributed by atoms with van der Waals surface area (Å²) < 4.78 is 29.8. The quantitative estimate of drug-likeness (QED) is 0.410. The Bertz CT molecular complexity index is 901. The van der Waals surface area contributed by atoms with Crippen molar-refractivity contribution in [2.45, 2.75) is 45.9 Å². The van der Waals surface area contributed by atoms with E-state index in [2.05, 4.69) is 25.7 Å². The standard InChI is InChI=1S/C23H28F2N4O2/c1-2-26-23(28-15-18-8-3-4-12-20(18)31-22(24)25)27-14-16-7-5-11-19(13-16)29-21(30)17-9-6-10-17/h3-5,7-8,11-13,17,22H,2,6,9-10,14-15H2,1H3,(H,29,30)(H2,26,27,28). The van der Waals surface area contributed by atoms with E-state index in [0.717, 1.165) is 30.5 Å². The van der Waals surface area contributed by atoms with Crippen LogP contribution in [0.25, 0.3) is 0 Å². The van der Waals surface area contributed by atoms with Gasteiger partial charge in [-0.1, -0.05) is 36.8 Å². The Hall–Kier alpha value is -3.16. The van der Waals surface area contributed by atoms with Crippen molar-refractivity contribution in [3.05, 3.63) is 59.7 Å². The molecule has 2 aromatic rings. The summed E-state index contributed by atoms with van der Waals surface area (Å²) in [7, 11) is 0. The minimum atomic E-state index is -2.87. The van der Waals surface area contributed by atoms with Crippen LogP contribution in [0.5, 0.6) is 5.75 Å². The highest BCUT2D eigenvalue weighted by molar-refractivity contribution is 5.93. The van der Waals surface area contributed by atoms with Crippen molar-refractivity contribution in [3.63, 3.8) is 0 Å². The van der Waals surface area contributed by atoms with Crippen LogP contribution >= 0.6 is 0 Å². The average Bonchev–Trinajstić information content (AvgIpc) is 2.69. The molecule has 0 heterocycles. The van der Waals surface area contributed by atoms with Crippen LogP contribution in [-0.4, -0.2) is 25.0 Å². The Balaban J connectivity index is 1.61. The van der Waals surface area contributed by atoms with Gasteiger partial charge in [0, 0.05) is 30.3 Å². The molecule has 1 aliphatic carbocycles. The number of benzene rings is 2. The van der Waals surface area contributed by atoms with Crippen LogP contribution in [-0.2, 0) is 17.9 Å². The number of alkyl halides is 2. The number of guanidine groups is 1. The zero-order valence-corrected chi connectivity index (χ0v) is 17.5. The van der Waals surface area contributed by atoms with Gasteiger partial charge < -0.3 is 20.7 Å². The largest absolute Gasteiger partial charge is 0.434 e. The van der Waals surface area contributed by atoms with E-state index in [0.29, 0.717) is 24.6 Å². The van der Waals surface area contributed by atoms with Crippen LogP contribution in [0.3, 0.4) is 0 Å². The molecular formula is C23H28F2N4O2. The maximum absolute atomic E-state index is 12.6. The molecule has 3 rings (SSSR count). The Morgan fingerprint density at radius 3 is 2.68 bits per heavy atom. The normalized spacial score (nSPS) is 14.1. The van der Waals surface area contributed by atoms with Crippen LogP contribution < -0.4 is 20.7 Å². The first-order valence-corrected chi connectivity index (χ1v) is 10.5. The zero-order chi connectivity index (χ0) is 22.1. The van der Waals surface area contributed by atoms with Crippen LogP contribution in [0, 0.1) is 5.92 Å². The van der Waals surface area contributed by atoms with Gasteiger partial charge in [0.05, 0.1) is 6.54 Å². The fourth-order valence-corrected chi connectivity index (χ4v) is 3.21. The molecule has 0 bridgehead atoms. The van der Waals surface area contributed by atoms with E-state index in [1.165, 1.54) is 6.07 Å². The number of rotatable bonds is 9. The SMILES string of the molecule is CCNC(=NCc1cccc(NC(=O)C2CCC2)c1)NCc1ccccc1OC(F)F. The number of hydrogen-bond acceptors (Lipinski definition) is 3. The van der Waals surface area contributed by atoms with Gasteiger partial charge in [-0.25, -0.2) is 4.99 Å². The number of halogens is 2. The summed E-state index contributed by atoms with van der Waals surface area (Å²) in [5.74, 6) is 0.892. The van der Waals surface area contributed by atoms with E-state index in [-0.39, 0.29) is 24.1 Å². The van der Waals surface area contributed by atoms with E-state index in [4.69, 9.17) is 0 Å². The van der Waals surface area contributed by atoms with Crippen molar-refractivity contribution in [3.8, 4) is 5.75 Å². The summed E-state index contributed by atoms with van der Waals surface area (Å²) in [6.07, 6.45) is 3.03. The van der Waals surface area contributed by atoms with Gasteiger partial charge in [-0.2, -0.15) is 8.78 Å². The van der Waals surface area contributed by atoms with Gasteiger partial charge in [0.15, 0.2) is 5.96 Å². The number of ether oxygens (including phenoxy) is 1. The first kappa shape index (κ1) is 22.5. The fourth-order valence-electron chi connectivity index (χ4n) is 3.21. The second-order valence-electron chi connectivity index (χ2n) is 7.35. The number of para-hydroxylation sites is 1. The highest BCUT2D eigenvalue weighted by Crippen LogP contribution is 2.27. The lowest BCUT2D eigenvalue weighted by Gasteiger charge is -2.24. The van der Waals surface area contributed by atoms with Gasteiger partial charge in [-0.05, 0) is 43.5 Å². The van der Waals surface area contributed by atoms with Crippen molar-refractivity contribution in [2.24, 2.45) is 10.9 Å². The monoisotopic (exact) mass is 430 g/mol. The Kier molecular flexibility index (Phi) is 8.20. The van der Waals surface area contributed by atoms with Crippen molar-refractivity contribution in [2.75, 3.05) is 11.9 Å². The van der Waals surface area contributed by atoms with Crippen LogP contribution in [0.1, 0.15) is 37.3 Å². The lowest BCUT2D eigenvalue weighted by atomic mass is 9.85. The molecule has 2 aromatic carbocycles. The zero-order valence-electron chi connectivity index (χ0n) is 17.5. The Morgan fingerprint density at radius 1 is 1.16 bits per heavy atom. The van der Waals surface area contributed by atoms with Gasteiger partial charge in [-0.3, -0.25) is 4.79 Å². The predicted molar refractivity (Wildman–Crippen MR) is 117 cm³/mol. The number of hydrogen-bond donors (Lipinski definition) is 3. The number of nitrogens with zero attached hydrogens (tertiary/aromatic N) is 1. The van der Waals surface area contributed by atoms with Crippen molar-refractivity contribution < 1.29 is 18.3 Å². The molecular weight excluding hydrogens is 402 g/mol. The molecule has 0 aromatic heterocycles. The van der Waals surface area contributed by atoms with Crippen molar-refractivity contribution in [1.82, 2.24) is 10.6 Å². The predicted octanol–water partition coefficient (Wildman–Crippen LogP) is 4.28. The average molecular weight is 430 g/mol. The Labute approximate surface area is 181 Å². The first-order chi connectivity index (χ1) is 15.0. The second-order valence-corrected chi connectivity index (χ2v) is 7.35. The third kappa shape index (κ3) is 6.94. The molecule has 6 nitrogen and oxygen atoms in total. The van der Waals surface area contributed by atoms with E-state index in [1.807, 2.05) is 31.2 Å². The number of aliphatic imine (C=N–C) groups is 1. The lowest BCUT2D eigenvalue weighted by Crippen LogP contribution is -2.36. The smallest absolute Gasteiger partial charge is 0.387 e. The van der Waals surface area contributed by atoms with Gasteiger partial charge in [-0.15, -0.1) is 0 Å². The fraction of sp³-hybridized carbons (Fsp3) is 0.391. The molecule has 166 valence electrons. The van der Waals surface area contributed by atoms with Gasteiger partial charge in [0.2, 0.25) is 5.91 Å². The third-order valence-corrected chi connectivity index (χ3v) is 5.07.